The van der Waals surface area contributed by atoms with E-state index in [0.717, 1.165) is 26.2 Å². The third-order valence-electron chi connectivity index (χ3n) is 2.74. The van der Waals surface area contributed by atoms with Gasteiger partial charge in [0, 0.05) is 24.1 Å². The predicted molar refractivity (Wildman–Crippen MR) is 73.8 cm³/mol. The van der Waals surface area contributed by atoms with Gasteiger partial charge in [-0.2, -0.15) is 0 Å². The first-order chi connectivity index (χ1) is 7.65. The topological polar surface area (TPSA) is 15.3 Å². The van der Waals surface area contributed by atoms with Crippen molar-refractivity contribution in [3.05, 3.63) is 33.8 Å². The summed E-state index contributed by atoms with van der Waals surface area (Å²) >= 11 is 3.57. The maximum Gasteiger partial charge on any atom is 0.0234 e. The number of benzene rings is 1. The Hall–Kier alpha value is -0.380. The van der Waals surface area contributed by atoms with Crippen LogP contribution in [0.3, 0.4) is 0 Å². The first kappa shape index (κ1) is 13.7. The van der Waals surface area contributed by atoms with Crippen LogP contribution in [0, 0.1) is 6.92 Å². The molecule has 0 aliphatic heterocycles. The van der Waals surface area contributed by atoms with Crippen LogP contribution in [0.15, 0.2) is 22.7 Å². The Morgan fingerprint density at radius 1 is 1.38 bits per heavy atom. The van der Waals surface area contributed by atoms with Crippen LogP contribution in [-0.2, 0) is 6.54 Å². The number of hydrogen-bond donors (Lipinski definition) is 1. The van der Waals surface area contributed by atoms with Crippen molar-refractivity contribution >= 4 is 15.9 Å². The Kier molecular flexibility index (Phi) is 6.03. The second-order valence-corrected chi connectivity index (χ2v) is 4.97. The van der Waals surface area contributed by atoms with E-state index in [1.54, 1.807) is 0 Å². The fourth-order valence-corrected chi connectivity index (χ4v) is 2.05. The lowest BCUT2D eigenvalue weighted by molar-refractivity contribution is 0.325. The largest absolute Gasteiger partial charge is 0.316 e. The number of rotatable bonds is 6. The van der Waals surface area contributed by atoms with E-state index in [1.807, 2.05) is 0 Å². The molecule has 1 aromatic rings. The lowest BCUT2D eigenvalue weighted by Crippen LogP contribution is -2.28. The van der Waals surface area contributed by atoms with E-state index < -0.39 is 0 Å². The highest BCUT2D eigenvalue weighted by atomic mass is 79.9. The fourth-order valence-electron chi connectivity index (χ4n) is 1.64. The van der Waals surface area contributed by atoms with E-state index in [4.69, 9.17) is 0 Å². The lowest BCUT2D eigenvalue weighted by Gasteiger charge is -2.18. The molecule has 0 fully saturated rings. The molecule has 0 spiro atoms. The number of nitrogens with one attached hydrogen (secondary N) is 1. The van der Waals surface area contributed by atoms with Gasteiger partial charge in [0.1, 0.15) is 0 Å². The molecule has 1 aromatic carbocycles. The summed E-state index contributed by atoms with van der Waals surface area (Å²) in [5.74, 6) is 0. The smallest absolute Gasteiger partial charge is 0.0234 e. The van der Waals surface area contributed by atoms with E-state index in [2.05, 4.69) is 65.2 Å². The van der Waals surface area contributed by atoms with E-state index >= 15 is 0 Å². The summed E-state index contributed by atoms with van der Waals surface area (Å²) in [5, 5.41) is 3.34. The fraction of sp³-hybridized carbons (Fsp3) is 0.538. The standard InChI is InChI=1S/C13H21BrN2/c1-4-15-8-9-16(3)10-12-6-5-7-13(14)11(12)2/h5-7,15H,4,8-10H2,1-3H3. The molecule has 90 valence electrons. The van der Waals surface area contributed by atoms with Gasteiger partial charge in [-0.3, -0.25) is 0 Å². The van der Waals surface area contributed by atoms with Gasteiger partial charge in [0.25, 0.3) is 0 Å². The quantitative estimate of drug-likeness (QED) is 0.809. The Labute approximate surface area is 107 Å². The van der Waals surface area contributed by atoms with Crippen LogP contribution in [0.25, 0.3) is 0 Å². The van der Waals surface area contributed by atoms with Crippen LogP contribution in [0.5, 0.6) is 0 Å². The number of hydrogen-bond acceptors (Lipinski definition) is 2. The number of halogens is 1. The van der Waals surface area contributed by atoms with Crippen LogP contribution >= 0.6 is 15.9 Å². The van der Waals surface area contributed by atoms with E-state index in [9.17, 15) is 0 Å². The first-order valence-corrected chi connectivity index (χ1v) is 6.57. The van der Waals surface area contributed by atoms with Crippen molar-refractivity contribution in [2.45, 2.75) is 20.4 Å². The molecule has 1 N–H and O–H groups in total. The molecule has 0 atom stereocenters. The molecule has 0 unspecified atom stereocenters. The predicted octanol–water partition coefficient (Wildman–Crippen LogP) is 2.80. The van der Waals surface area contributed by atoms with Gasteiger partial charge in [-0.15, -0.1) is 0 Å². The average Bonchev–Trinajstić information content (AvgIpc) is 2.25. The van der Waals surface area contributed by atoms with Crippen LogP contribution in [0.2, 0.25) is 0 Å². The van der Waals surface area contributed by atoms with E-state index in [0.29, 0.717) is 0 Å². The molecule has 0 heterocycles. The zero-order valence-corrected chi connectivity index (χ0v) is 12.0. The molecule has 0 saturated heterocycles. The molecule has 0 aromatic heterocycles. The Morgan fingerprint density at radius 3 is 2.81 bits per heavy atom. The molecule has 0 amide bonds. The van der Waals surface area contributed by atoms with Crippen molar-refractivity contribution in [2.75, 3.05) is 26.7 Å². The van der Waals surface area contributed by atoms with Crippen LogP contribution < -0.4 is 5.32 Å². The zero-order valence-electron chi connectivity index (χ0n) is 10.4. The van der Waals surface area contributed by atoms with E-state index in [-0.39, 0.29) is 0 Å². The van der Waals surface area contributed by atoms with Gasteiger partial charge in [-0.25, -0.2) is 0 Å². The summed E-state index contributed by atoms with van der Waals surface area (Å²) in [6, 6.07) is 6.39. The molecule has 1 rings (SSSR count). The van der Waals surface area contributed by atoms with Gasteiger partial charge in [-0.05, 0) is 37.7 Å². The second-order valence-electron chi connectivity index (χ2n) is 4.12. The highest BCUT2D eigenvalue weighted by Crippen LogP contribution is 2.20. The van der Waals surface area contributed by atoms with Crippen LogP contribution in [0.4, 0.5) is 0 Å². The minimum absolute atomic E-state index is 1.01. The highest BCUT2D eigenvalue weighted by Gasteiger charge is 2.04. The minimum atomic E-state index is 1.01. The molecule has 3 heteroatoms. The molecule has 0 aliphatic rings. The number of likely N-dealkylation sites (N-methyl/N-ethyl adjacent to an activating group) is 2. The Bertz CT molecular complexity index is 326. The number of nitrogens with zero attached hydrogens (tertiary/aromatic N) is 1. The summed E-state index contributed by atoms with van der Waals surface area (Å²) in [4.78, 5) is 2.34. The molecule has 0 radical (unpaired) electrons. The van der Waals surface area contributed by atoms with Crippen molar-refractivity contribution in [1.29, 1.82) is 0 Å². The van der Waals surface area contributed by atoms with Gasteiger partial charge in [0.15, 0.2) is 0 Å². The SMILES string of the molecule is CCNCCN(C)Cc1cccc(Br)c1C. The Balaban J connectivity index is 2.49. The highest BCUT2D eigenvalue weighted by molar-refractivity contribution is 9.10. The van der Waals surface area contributed by atoms with Gasteiger partial charge in [0.2, 0.25) is 0 Å². The van der Waals surface area contributed by atoms with Crippen LogP contribution in [0.1, 0.15) is 18.1 Å². The van der Waals surface area contributed by atoms with Gasteiger partial charge >= 0.3 is 0 Å². The summed E-state index contributed by atoms with van der Waals surface area (Å²) < 4.78 is 1.20. The monoisotopic (exact) mass is 284 g/mol. The van der Waals surface area contributed by atoms with Crippen molar-refractivity contribution in [3.63, 3.8) is 0 Å². The van der Waals surface area contributed by atoms with Gasteiger partial charge < -0.3 is 10.2 Å². The summed E-state index contributed by atoms with van der Waals surface area (Å²) in [5.41, 5.74) is 2.74. The maximum absolute atomic E-state index is 3.57. The molecular weight excluding hydrogens is 264 g/mol. The molecule has 0 saturated carbocycles. The van der Waals surface area contributed by atoms with Crippen molar-refractivity contribution in [1.82, 2.24) is 10.2 Å². The molecule has 0 bridgehead atoms. The minimum Gasteiger partial charge on any atom is -0.316 e. The maximum atomic E-state index is 3.57. The van der Waals surface area contributed by atoms with Gasteiger partial charge in [0.05, 0.1) is 0 Å². The normalized spacial score (nSPS) is 11.1. The summed E-state index contributed by atoms with van der Waals surface area (Å²) in [6.45, 7) is 8.50. The third kappa shape index (κ3) is 4.24. The molecule has 2 nitrogen and oxygen atoms in total. The molecule has 0 aliphatic carbocycles. The molecule has 16 heavy (non-hydrogen) atoms. The second kappa shape index (κ2) is 7.05. The summed E-state index contributed by atoms with van der Waals surface area (Å²) in [6.07, 6.45) is 0. The first-order valence-electron chi connectivity index (χ1n) is 5.78. The van der Waals surface area contributed by atoms with Crippen molar-refractivity contribution < 1.29 is 0 Å². The average molecular weight is 285 g/mol. The zero-order chi connectivity index (χ0) is 12.0. The lowest BCUT2D eigenvalue weighted by atomic mass is 10.1. The van der Waals surface area contributed by atoms with Crippen LogP contribution in [-0.4, -0.2) is 31.6 Å². The van der Waals surface area contributed by atoms with Crippen molar-refractivity contribution in [3.8, 4) is 0 Å². The van der Waals surface area contributed by atoms with E-state index in [1.165, 1.54) is 15.6 Å². The summed E-state index contributed by atoms with van der Waals surface area (Å²) in [7, 11) is 2.16. The third-order valence-corrected chi connectivity index (χ3v) is 3.60. The van der Waals surface area contributed by atoms with Crippen molar-refractivity contribution in [2.24, 2.45) is 0 Å². The van der Waals surface area contributed by atoms with Gasteiger partial charge in [-0.1, -0.05) is 35.0 Å². The Morgan fingerprint density at radius 2 is 2.12 bits per heavy atom. The molecular formula is C13H21BrN2.